The van der Waals surface area contributed by atoms with E-state index in [0.29, 0.717) is 5.95 Å². The van der Waals surface area contributed by atoms with Gasteiger partial charge in [0.25, 0.3) is 5.95 Å². The Hall–Kier alpha value is -0.660. The van der Waals surface area contributed by atoms with E-state index in [0.717, 1.165) is 12.8 Å². The fourth-order valence-corrected chi connectivity index (χ4v) is 1.06. The number of hydrogen-bond acceptors (Lipinski definition) is 2. The van der Waals surface area contributed by atoms with Gasteiger partial charge in [0.15, 0.2) is 0 Å². The molecule has 2 heteroatoms. The van der Waals surface area contributed by atoms with E-state index in [1.807, 2.05) is 13.8 Å². The molecule has 58 valence electrons. The van der Waals surface area contributed by atoms with E-state index in [1.165, 1.54) is 0 Å². The third-order valence-electron chi connectivity index (χ3n) is 1.64. The van der Waals surface area contributed by atoms with Crippen molar-refractivity contribution in [1.82, 2.24) is 0 Å². The number of rotatable bonds is 0. The summed E-state index contributed by atoms with van der Waals surface area (Å²) in [5.41, 5.74) is 0. The molecular formula is C8H14O2. The minimum Gasteiger partial charge on any atom is -0.463 e. The summed E-state index contributed by atoms with van der Waals surface area (Å²) in [4.78, 5) is 0. The van der Waals surface area contributed by atoms with Crippen LogP contribution in [0, 0.1) is 0 Å². The Morgan fingerprint density at radius 2 is 1.60 bits per heavy atom. The molecule has 0 aromatic carbocycles. The van der Waals surface area contributed by atoms with Crippen LogP contribution in [0.1, 0.15) is 26.7 Å². The first-order valence-electron chi connectivity index (χ1n) is 3.70. The Balaban J connectivity index is 2.46. The minimum atomic E-state index is 0.262. The topological polar surface area (TPSA) is 18.5 Å². The van der Waals surface area contributed by atoms with Crippen molar-refractivity contribution in [3.05, 3.63) is 12.5 Å². The summed E-state index contributed by atoms with van der Waals surface area (Å²) in [6.45, 7) is 7.70. The van der Waals surface area contributed by atoms with Crippen LogP contribution >= 0.6 is 0 Å². The van der Waals surface area contributed by atoms with E-state index in [2.05, 4.69) is 6.58 Å². The van der Waals surface area contributed by atoms with Crippen LogP contribution in [-0.2, 0) is 9.47 Å². The first-order valence-corrected chi connectivity index (χ1v) is 3.70. The van der Waals surface area contributed by atoms with Crippen molar-refractivity contribution >= 4 is 0 Å². The molecule has 0 bridgehead atoms. The van der Waals surface area contributed by atoms with E-state index in [9.17, 15) is 0 Å². The predicted molar refractivity (Wildman–Crippen MR) is 39.5 cm³/mol. The number of hydrogen-bond donors (Lipinski definition) is 0. The Labute approximate surface area is 61.8 Å². The second kappa shape index (κ2) is 2.95. The molecule has 1 aliphatic heterocycles. The van der Waals surface area contributed by atoms with Gasteiger partial charge >= 0.3 is 0 Å². The summed E-state index contributed by atoms with van der Waals surface area (Å²) in [5.74, 6) is 0.470. The lowest BCUT2D eigenvalue weighted by atomic mass is 10.1. The minimum absolute atomic E-state index is 0.262. The van der Waals surface area contributed by atoms with E-state index in [1.54, 1.807) is 0 Å². The molecule has 0 radical (unpaired) electrons. The van der Waals surface area contributed by atoms with Crippen molar-refractivity contribution in [1.29, 1.82) is 0 Å². The van der Waals surface area contributed by atoms with Crippen LogP contribution in [-0.4, -0.2) is 12.2 Å². The maximum absolute atomic E-state index is 5.26. The monoisotopic (exact) mass is 142 g/mol. The quantitative estimate of drug-likeness (QED) is 0.515. The van der Waals surface area contributed by atoms with Crippen molar-refractivity contribution in [3.8, 4) is 0 Å². The highest BCUT2D eigenvalue weighted by molar-refractivity contribution is 4.76. The Morgan fingerprint density at radius 1 is 1.20 bits per heavy atom. The zero-order valence-corrected chi connectivity index (χ0v) is 6.59. The van der Waals surface area contributed by atoms with Crippen molar-refractivity contribution < 1.29 is 9.47 Å². The third-order valence-corrected chi connectivity index (χ3v) is 1.64. The van der Waals surface area contributed by atoms with Crippen LogP contribution in [0.25, 0.3) is 0 Å². The maximum Gasteiger partial charge on any atom is 0.272 e. The fraction of sp³-hybridized carbons (Fsp3) is 0.750. The molecule has 0 amide bonds. The molecule has 0 aromatic heterocycles. The molecule has 1 aliphatic rings. The van der Waals surface area contributed by atoms with E-state index < -0.39 is 0 Å². The summed E-state index contributed by atoms with van der Waals surface area (Å²) in [6.07, 6.45) is 2.63. The smallest absolute Gasteiger partial charge is 0.272 e. The summed E-state index contributed by atoms with van der Waals surface area (Å²) >= 11 is 0. The number of ether oxygens (including phenoxy) is 2. The molecule has 0 unspecified atom stereocenters. The molecule has 0 N–H and O–H groups in total. The molecule has 0 saturated carbocycles. The van der Waals surface area contributed by atoms with Gasteiger partial charge in [-0.3, -0.25) is 0 Å². The third kappa shape index (κ3) is 1.94. The molecule has 0 aromatic rings. The van der Waals surface area contributed by atoms with Gasteiger partial charge < -0.3 is 9.47 Å². The van der Waals surface area contributed by atoms with E-state index in [-0.39, 0.29) is 12.2 Å². The molecule has 1 saturated heterocycles. The lowest BCUT2D eigenvalue weighted by molar-refractivity contribution is 0.00317. The predicted octanol–water partition coefficient (Wildman–Crippen LogP) is 2.06. The van der Waals surface area contributed by atoms with Gasteiger partial charge in [0.1, 0.15) is 0 Å². The molecule has 2 atom stereocenters. The van der Waals surface area contributed by atoms with Crippen LogP contribution in [0.5, 0.6) is 0 Å². The van der Waals surface area contributed by atoms with Crippen LogP contribution in [0.15, 0.2) is 12.5 Å². The van der Waals surface area contributed by atoms with Crippen molar-refractivity contribution in [3.63, 3.8) is 0 Å². The molecule has 1 rings (SSSR count). The van der Waals surface area contributed by atoms with E-state index in [4.69, 9.17) is 9.47 Å². The summed E-state index contributed by atoms with van der Waals surface area (Å²) in [5, 5.41) is 0. The van der Waals surface area contributed by atoms with Gasteiger partial charge in [-0.15, -0.1) is 0 Å². The molecule has 2 nitrogen and oxygen atoms in total. The van der Waals surface area contributed by atoms with Crippen molar-refractivity contribution in [2.24, 2.45) is 0 Å². The van der Waals surface area contributed by atoms with Gasteiger partial charge in [-0.2, -0.15) is 0 Å². The zero-order valence-electron chi connectivity index (χ0n) is 6.59. The fourth-order valence-electron chi connectivity index (χ4n) is 1.06. The Bertz CT molecular complexity index is 117. The average Bonchev–Trinajstić information content (AvgIpc) is 1.93. The summed E-state index contributed by atoms with van der Waals surface area (Å²) < 4.78 is 10.5. The molecule has 0 spiro atoms. The van der Waals surface area contributed by atoms with Gasteiger partial charge in [0.05, 0.1) is 12.2 Å². The molecule has 10 heavy (non-hydrogen) atoms. The second-order valence-corrected chi connectivity index (χ2v) is 2.81. The largest absolute Gasteiger partial charge is 0.463 e. The molecule has 0 aliphatic carbocycles. The van der Waals surface area contributed by atoms with Gasteiger partial charge in [-0.1, -0.05) is 0 Å². The normalized spacial score (nSPS) is 34.0. The van der Waals surface area contributed by atoms with Gasteiger partial charge in [0, 0.05) is 0 Å². The Kier molecular flexibility index (Phi) is 2.20. The van der Waals surface area contributed by atoms with Gasteiger partial charge in [-0.25, -0.2) is 0 Å². The standard InChI is InChI=1S/C8H14O2/c1-6-4-5-7(2)10-8(3)9-6/h6-7H,3-5H2,1-2H3/t6-,7+. The second-order valence-electron chi connectivity index (χ2n) is 2.81. The van der Waals surface area contributed by atoms with E-state index >= 15 is 0 Å². The van der Waals surface area contributed by atoms with Crippen LogP contribution < -0.4 is 0 Å². The van der Waals surface area contributed by atoms with Crippen molar-refractivity contribution in [2.45, 2.75) is 38.9 Å². The summed E-state index contributed by atoms with van der Waals surface area (Å²) in [6, 6.07) is 0. The lowest BCUT2D eigenvalue weighted by Gasteiger charge is -2.11. The lowest BCUT2D eigenvalue weighted by Crippen LogP contribution is -2.03. The highest BCUT2D eigenvalue weighted by Gasteiger charge is 2.15. The molecule has 1 fully saturated rings. The van der Waals surface area contributed by atoms with Gasteiger partial charge in [0.2, 0.25) is 0 Å². The average molecular weight is 142 g/mol. The van der Waals surface area contributed by atoms with Crippen LogP contribution in [0.2, 0.25) is 0 Å². The first-order chi connectivity index (χ1) is 4.68. The molecular weight excluding hydrogens is 128 g/mol. The summed E-state index contributed by atoms with van der Waals surface area (Å²) in [7, 11) is 0. The first kappa shape index (κ1) is 7.45. The van der Waals surface area contributed by atoms with Crippen LogP contribution in [0.4, 0.5) is 0 Å². The van der Waals surface area contributed by atoms with Gasteiger partial charge in [-0.05, 0) is 33.3 Å². The highest BCUT2D eigenvalue weighted by Crippen LogP contribution is 2.18. The Morgan fingerprint density at radius 3 is 2.00 bits per heavy atom. The van der Waals surface area contributed by atoms with Crippen LogP contribution in [0.3, 0.4) is 0 Å². The maximum atomic E-state index is 5.26. The highest BCUT2D eigenvalue weighted by atomic mass is 16.7. The van der Waals surface area contributed by atoms with Crippen molar-refractivity contribution in [2.75, 3.05) is 0 Å². The zero-order chi connectivity index (χ0) is 7.56. The molecule has 1 heterocycles. The SMILES string of the molecule is C=C1O[C@H](C)CC[C@H](C)O1.